The fourth-order valence-corrected chi connectivity index (χ4v) is 3.32. The third-order valence-electron chi connectivity index (χ3n) is 5.02. The van der Waals surface area contributed by atoms with Crippen molar-refractivity contribution in [3.8, 4) is 17.2 Å². The Balaban J connectivity index is 1.24. The number of hydrogen-bond acceptors (Lipinski definition) is 6. The normalized spacial score (nSPS) is 15.8. The number of carbonyl (C=O) groups excluding carboxylic acids is 1. The molecule has 1 fully saturated rings. The summed E-state index contributed by atoms with van der Waals surface area (Å²) in [5.41, 5.74) is 2.77. The standard InChI is InChI=1S/C24H25NO5/c1-17-21(25-23(30-17)19-6-3-2-4-7-19)13-15-27-20-11-9-18(10-12-20)16-29-24(26)22-8-5-14-28-22/h2-4,6-7,9-12,22H,5,8,13-16H2,1H3. The van der Waals surface area contributed by atoms with Gasteiger partial charge in [-0.25, -0.2) is 9.78 Å². The van der Waals surface area contributed by atoms with Gasteiger partial charge in [-0.15, -0.1) is 0 Å². The predicted molar refractivity (Wildman–Crippen MR) is 111 cm³/mol. The SMILES string of the molecule is Cc1oc(-c2ccccc2)nc1CCOc1ccc(COC(=O)C2CCCO2)cc1. The van der Waals surface area contributed by atoms with E-state index < -0.39 is 6.10 Å². The number of nitrogens with zero attached hydrogens (tertiary/aromatic N) is 1. The van der Waals surface area contributed by atoms with E-state index in [4.69, 9.17) is 18.6 Å². The zero-order valence-electron chi connectivity index (χ0n) is 17.0. The van der Waals surface area contributed by atoms with Crippen molar-refractivity contribution in [2.75, 3.05) is 13.2 Å². The van der Waals surface area contributed by atoms with Gasteiger partial charge in [0.05, 0.1) is 12.3 Å². The second-order valence-corrected chi connectivity index (χ2v) is 7.24. The van der Waals surface area contributed by atoms with Gasteiger partial charge in [-0.05, 0) is 49.6 Å². The highest BCUT2D eigenvalue weighted by Gasteiger charge is 2.24. The van der Waals surface area contributed by atoms with Crippen molar-refractivity contribution in [1.82, 2.24) is 4.98 Å². The van der Waals surface area contributed by atoms with E-state index in [1.807, 2.05) is 61.5 Å². The first-order valence-corrected chi connectivity index (χ1v) is 10.2. The van der Waals surface area contributed by atoms with Crippen LogP contribution in [0.2, 0.25) is 0 Å². The van der Waals surface area contributed by atoms with E-state index in [1.165, 1.54) is 0 Å². The minimum Gasteiger partial charge on any atom is -0.493 e. The largest absolute Gasteiger partial charge is 0.493 e. The molecule has 156 valence electrons. The molecule has 0 bridgehead atoms. The first-order valence-electron chi connectivity index (χ1n) is 10.2. The number of aryl methyl sites for hydroxylation is 1. The third-order valence-corrected chi connectivity index (χ3v) is 5.02. The molecule has 6 nitrogen and oxygen atoms in total. The van der Waals surface area contributed by atoms with Crippen LogP contribution in [0.3, 0.4) is 0 Å². The molecule has 0 saturated carbocycles. The van der Waals surface area contributed by atoms with Crippen LogP contribution in [0.1, 0.15) is 29.9 Å². The van der Waals surface area contributed by atoms with Gasteiger partial charge in [0.25, 0.3) is 0 Å². The predicted octanol–water partition coefficient (Wildman–Crippen LogP) is 4.49. The van der Waals surface area contributed by atoms with Gasteiger partial charge in [0.2, 0.25) is 5.89 Å². The van der Waals surface area contributed by atoms with Crippen molar-refractivity contribution >= 4 is 5.97 Å². The molecule has 30 heavy (non-hydrogen) atoms. The molecule has 1 aromatic heterocycles. The average molecular weight is 407 g/mol. The molecule has 1 saturated heterocycles. The van der Waals surface area contributed by atoms with E-state index in [2.05, 4.69) is 4.98 Å². The molecular weight excluding hydrogens is 382 g/mol. The van der Waals surface area contributed by atoms with Gasteiger partial charge in [-0.3, -0.25) is 0 Å². The number of esters is 1. The topological polar surface area (TPSA) is 70.8 Å². The number of benzene rings is 2. The lowest BCUT2D eigenvalue weighted by Gasteiger charge is -2.10. The number of ether oxygens (including phenoxy) is 3. The summed E-state index contributed by atoms with van der Waals surface area (Å²) in [5.74, 6) is 1.91. The maximum atomic E-state index is 11.9. The second-order valence-electron chi connectivity index (χ2n) is 7.24. The summed E-state index contributed by atoms with van der Waals surface area (Å²) in [6.45, 7) is 3.28. The van der Waals surface area contributed by atoms with E-state index in [0.29, 0.717) is 25.5 Å². The Morgan fingerprint density at radius 1 is 1.13 bits per heavy atom. The molecule has 0 N–H and O–H groups in total. The van der Waals surface area contributed by atoms with Crippen LogP contribution in [0.15, 0.2) is 59.0 Å². The molecule has 0 radical (unpaired) electrons. The number of hydrogen-bond donors (Lipinski definition) is 0. The summed E-state index contributed by atoms with van der Waals surface area (Å²) in [4.78, 5) is 16.5. The van der Waals surface area contributed by atoms with Gasteiger partial charge in [-0.1, -0.05) is 30.3 Å². The molecule has 0 amide bonds. The zero-order chi connectivity index (χ0) is 20.8. The van der Waals surface area contributed by atoms with Crippen LogP contribution in [-0.4, -0.2) is 30.3 Å². The Hall–Kier alpha value is -3.12. The van der Waals surface area contributed by atoms with E-state index in [-0.39, 0.29) is 12.6 Å². The smallest absolute Gasteiger partial charge is 0.335 e. The van der Waals surface area contributed by atoms with E-state index in [0.717, 1.165) is 41.2 Å². The molecule has 2 aromatic carbocycles. The molecular formula is C24H25NO5. The van der Waals surface area contributed by atoms with Crippen LogP contribution in [0.25, 0.3) is 11.5 Å². The molecule has 4 rings (SSSR count). The monoisotopic (exact) mass is 407 g/mol. The Bertz CT molecular complexity index is 959. The maximum Gasteiger partial charge on any atom is 0.335 e. The summed E-state index contributed by atoms with van der Waals surface area (Å²) in [6, 6.07) is 17.4. The van der Waals surface area contributed by atoms with E-state index in [1.54, 1.807) is 0 Å². The van der Waals surface area contributed by atoms with Crippen LogP contribution in [-0.2, 0) is 27.3 Å². The Morgan fingerprint density at radius 2 is 1.93 bits per heavy atom. The van der Waals surface area contributed by atoms with Crippen LogP contribution in [0, 0.1) is 6.92 Å². The lowest BCUT2D eigenvalue weighted by atomic mass is 10.2. The Kier molecular flexibility index (Phi) is 6.44. The van der Waals surface area contributed by atoms with Gasteiger partial charge in [0.1, 0.15) is 18.1 Å². The third kappa shape index (κ3) is 5.07. The van der Waals surface area contributed by atoms with Crippen molar-refractivity contribution in [2.24, 2.45) is 0 Å². The zero-order valence-corrected chi connectivity index (χ0v) is 17.0. The van der Waals surface area contributed by atoms with Gasteiger partial charge >= 0.3 is 5.97 Å². The maximum absolute atomic E-state index is 11.9. The van der Waals surface area contributed by atoms with Crippen LogP contribution >= 0.6 is 0 Å². The van der Waals surface area contributed by atoms with E-state index in [9.17, 15) is 4.79 Å². The number of aromatic nitrogens is 1. The van der Waals surface area contributed by atoms with Gasteiger partial charge in [0.15, 0.2) is 6.10 Å². The van der Waals surface area contributed by atoms with Gasteiger partial charge in [-0.2, -0.15) is 0 Å². The molecule has 3 aromatic rings. The van der Waals surface area contributed by atoms with Crippen molar-refractivity contribution in [3.63, 3.8) is 0 Å². The quantitative estimate of drug-likeness (QED) is 0.512. The molecule has 1 atom stereocenters. The summed E-state index contributed by atoms with van der Waals surface area (Å²) < 4.78 is 22.3. The molecule has 1 aliphatic rings. The molecule has 0 aliphatic carbocycles. The fourth-order valence-electron chi connectivity index (χ4n) is 3.32. The lowest BCUT2D eigenvalue weighted by Crippen LogP contribution is -2.21. The summed E-state index contributed by atoms with van der Waals surface area (Å²) >= 11 is 0. The van der Waals surface area contributed by atoms with E-state index >= 15 is 0 Å². The minimum absolute atomic E-state index is 0.235. The Labute approximate surface area is 175 Å². The highest BCUT2D eigenvalue weighted by Crippen LogP contribution is 2.22. The summed E-state index contributed by atoms with van der Waals surface area (Å²) in [6.07, 6.45) is 1.90. The highest BCUT2D eigenvalue weighted by molar-refractivity contribution is 5.74. The van der Waals surface area contributed by atoms with Crippen molar-refractivity contribution in [1.29, 1.82) is 0 Å². The molecule has 6 heteroatoms. The molecule has 1 unspecified atom stereocenters. The summed E-state index contributed by atoms with van der Waals surface area (Å²) in [7, 11) is 0. The molecule has 0 spiro atoms. The second kappa shape index (κ2) is 9.59. The first-order chi connectivity index (χ1) is 14.7. The molecule has 2 heterocycles. The molecule has 1 aliphatic heterocycles. The van der Waals surface area contributed by atoms with Gasteiger partial charge < -0.3 is 18.6 Å². The van der Waals surface area contributed by atoms with Crippen LogP contribution < -0.4 is 4.74 Å². The van der Waals surface area contributed by atoms with Crippen LogP contribution in [0.4, 0.5) is 0 Å². The fraction of sp³-hybridized carbons (Fsp3) is 0.333. The van der Waals surface area contributed by atoms with Crippen molar-refractivity contribution < 1.29 is 23.4 Å². The lowest BCUT2D eigenvalue weighted by molar-refractivity contribution is -0.155. The number of oxazole rings is 1. The summed E-state index contributed by atoms with van der Waals surface area (Å²) in [5, 5.41) is 0. The minimum atomic E-state index is -0.407. The average Bonchev–Trinajstić information content (AvgIpc) is 3.44. The van der Waals surface area contributed by atoms with Crippen molar-refractivity contribution in [2.45, 2.75) is 38.9 Å². The van der Waals surface area contributed by atoms with Gasteiger partial charge in [0, 0.05) is 18.6 Å². The number of rotatable bonds is 8. The highest BCUT2D eigenvalue weighted by atomic mass is 16.6. The number of carbonyl (C=O) groups is 1. The van der Waals surface area contributed by atoms with Crippen LogP contribution in [0.5, 0.6) is 5.75 Å². The van der Waals surface area contributed by atoms with Crippen molar-refractivity contribution in [3.05, 3.63) is 71.6 Å². The Morgan fingerprint density at radius 3 is 2.67 bits per heavy atom. The first kappa shape index (κ1) is 20.2.